The molecule has 1 unspecified atom stereocenters. The molecule has 80 valence electrons. The lowest BCUT2D eigenvalue weighted by atomic mass is 10.3. The molecule has 0 aromatic rings. The maximum atomic E-state index is 10.4. The van der Waals surface area contributed by atoms with E-state index in [2.05, 4.69) is 17.9 Å². The quantitative estimate of drug-likeness (QED) is 0.395. The SMILES string of the molecule is C=C(C)C(=C)OCC(O)COC(C)=O. The summed E-state index contributed by atoms with van der Waals surface area (Å²) in [6.45, 7) is 10.2. The molecule has 0 aliphatic rings. The molecule has 4 heteroatoms. The molecule has 0 aliphatic carbocycles. The first-order valence-electron chi connectivity index (χ1n) is 4.22. The lowest BCUT2D eigenvalue weighted by molar-refractivity contribution is -0.144. The van der Waals surface area contributed by atoms with E-state index in [-0.39, 0.29) is 13.2 Å². The van der Waals surface area contributed by atoms with Gasteiger partial charge in [0, 0.05) is 6.92 Å². The van der Waals surface area contributed by atoms with Crippen LogP contribution in [0, 0.1) is 0 Å². The van der Waals surface area contributed by atoms with Crippen LogP contribution < -0.4 is 0 Å². The fourth-order valence-electron chi connectivity index (χ4n) is 0.582. The van der Waals surface area contributed by atoms with Crippen molar-refractivity contribution in [2.75, 3.05) is 13.2 Å². The Morgan fingerprint density at radius 1 is 1.29 bits per heavy atom. The number of allylic oxidation sites excluding steroid dienone is 1. The lowest BCUT2D eigenvalue weighted by Crippen LogP contribution is -2.22. The van der Waals surface area contributed by atoms with E-state index < -0.39 is 12.1 Å². The summed E-state index contributed by atoms with van der Waals surface area (Å²) in [5, 5.41) is 9.26. The summed E-state index contributed by atoms with van der Waals surface area (Å²) in [4.78, 5) is 10.4. The van der Waals surface area contributed by atoms with Gasteiger partial charge in [0.2, 0.25) is 0 Å². The molecule has 0 aromatic carbocycles. The Bertz CT molecular complexity index is 232. The Morgan fingerprint density at radius 3 is 2.21 bits per heavy atom. The molecule has 1 atom stereocenters. The second kappa shape index (κ2) is 6.21. The standard InChI is InChI=1S/C10H16O4/c1-7(2)8(3)13-5-10(12)6-14-9(4)11/h10,12H,1,3,5-6H2,2,4H3. The minimum absolute atomic E-state index is 0.0406. The Kier molecular flexibility index (Phi) is 5.64. The number of esters is 1. The minimum Gasteiger partial charge on any atom is -0.491 e. The number of hydrogen-bond acceptors (Lipinski definition) is 4. The first-order chi connectivity index (χ1) is 6.43. The van der Waals surface area contributed by atoms with E-state index in [1.54, 1.807) is 6.92 Å². The molecule has 0 heterocycles. The van der Waals surface area contributed by atoms with Crippen LogP contribution >= 0.6 is 0 Å². The first kappa shape index (κ1) is 12.7. The molecule has 4 nitrogen and oxygen atoms in total. The van der Waals surface area contributed by atoms with Gasteiger partial charge in [0.15, 0.2) is 0 Å². The highest BCUT2D eigenvalue weighted by molar-refractivity contribution is 5.65. The van der Waals surface area contributed by atoms with Crippen LogP contribution in [-0.2, 0) is 14.3 Å². The highest BCUT2D eigenvalue weighted by Crippen LogP contribution is 2.05. The van der Waals surface area contributed by atoms with Crippen LogP contribution in [-0.4, -0.2) is 30.4 Å². The third-order valence-corrected chi connectivity index (χ3v) is 1.40. The average molecular weight is 200 g/mol. The molecule has 0 saturated carbocycles. The second-order valence-electron chi connectivity index (χ2n) is 2.97. The summed E-state index contributed by atoms with van der Waals surface area (Å²) in [6, 6.07) is 0. The molecule has 0 rings (SSSR count). The van der Waals surface area contributed by atoms with Crippen molar-refractivity contribution in [2.45, 2.75) is 20.0 Å². The van der Waals surface area contributed by atoms with Crippen molar-refractivity contribution < 1.29 is 19.4 Å². The number of ether oxygens (including phenoxy) is 2. The van der Waals surface area contributed by atoms with Crippen molar-refractivity contribution >= 4 is 5.97 Å². The second-order valence-corrected chi connectivity index (χ2v) is 2.97. The van der Waals surface area contributed by atoms with Gasteiger partial charge in [-0.05, 0) is 12.5 Å². The third-order valence-electron chi connectivity index (χ3n) is 1.40. The van der Waals surface area contributed by atoms with Gasteiger partial charge in [-0.3, -0.25) is 4.79 Å². The van der Waals surface area contributed by atoms with Crippen LogP contribution in [0.1, 0.15) is 13.8 Å². The molecule has 0 fully saturated rings. The molecule has 0 spiro atoms. The van der Waals surface area contributed by atoms with Crippen molar-refractivity contribution in [1.29, 1.82) is 0 Å². The van der Waals surface area contributed by atoms with Crippen molar-refractivity contribution in [3.05, 3.63) is 24.5 Å². The van der Waals surface area contributed by atoms with Gasteiger partial charge in [-0.1, -0.05) is 13.2 Å². The normalized spacial score (nSPS) is 11.6. The van der Waals surface area contributed by atoms with E-state index in [4.69, 9.17) is 4.74 Å². The number of hydrogen-bond donors (Lipinski definition) is 1. The lowest BCUT2D eigenvalue weighted by Gasteiger charge is -2.13. The van der Waals surface area contributed by atoms with E-state index in [0.717, 1.165) is 0 Å². The monoisotopic (exact) mass is 200 g/mol. The average Bonchev–Trinajstić information content (AvgIpc) is 2.10. The summed E-state index contributed by atoms with van der Waals surface area (Å²) in [5.41, 5.74) is 0.699. The number of aliphatic hydroxyl groups is 1. The van der Waals surface area contributed by atoms with Gasteiger partial charge in [-0.2, -0.15) is 0 Å². The minimum atomic E-state index is -0.838. The molecule has 0 amide bonds. The summed E-state index contributed by atoms with van der Waals surface area (Å²) < 4.78 is 9.64. The van der Waals surface area contributed by atoms with Gasteiger partial charge >= 0.3 is 5.97 Å². The summed E-state index contributed by atoms with van der Waals surface area (Å²) in [7, 11) is 0. The summed E-state index contributed by atoms with van der Waals surface area (Å²) >= 11 is 0. The zero-order valence-corrected chi connectivity index (χ0v) is 8.58. The zero-order chi connectivity index (χ0) is 11.1. The highest BCUT2D eigenvalue weighted by Gasteiger charge is 2.07. The van der Waals surface area contributed by atoms with Gasteiger partial charge in [-0.15, -0.1) is 0 Å². The smallest absolute Gasteiger partial charge is 0.302 e. The number of carbonyl (C=O) groups is 1. The number of aliphatic hydroxyl groups excluding tert-OH is 1. The Morgan fingerprint density at radius 2 is 1.79 bits per heavy atom. The van der Waals surface area contributed by atoms with Crippen molar-refractivity contribution in [1.82, 2.24) is 0 Å². The van der Waals surface area contributed by atoms with Crippen LogP contribution in [0.2, 0.25) is 0 Å². The van der Waals surface area contributed by atoms with Crippen LogP contribution in [0.4, 0.5) is 0 Å². The molecule has 14 heavy (non-hydrogen) atoms. The Hall–Kier alpha value is -1.29. The fourth-order valence-corrected chi connectivity index (χ4v) is 0.582. The van der Waals surface area contributed by atoms with E-state index >= 15 is 0 Å². The number of rotatable bonds is 6. The predicted octanol–water partition coefficient (Wildman–Crippen LogP) is 1.02. The zero-order valence-electron chi connectivity index (χ0n) is 8.58. The third kappa shape index (κ3) is 6.25. The Balaban J connectivity index is 3.63. The Labute approximate surface area is 83.8 Å². The molecular formula is C10H16O4. The van der Waals surface area contributed by atoms with Crippen molar-refractivity contribution in [3.8, 4) is 0 Å². The van der Waals surface area contributed by atoms with Crippen LogP contribution in [0.3, 0.4) is 0 Å². The van der Waals surface area contributed by atoms with Crippen LogP contribution in [0.5, 0.6) is 0 Å². The highest BCUT2D eigenvalue weighted by atomic mass is 16.5. The molecule has 0 aromatic heterocycles. The molecule has 0 saturated heterocycles. The van der Waals surface area contributed by atoms with Gasteiger partial charge in [0.05, 0.1) is 0 Å². The maximum absolute atomic E-state index is 10.4. The summed E-state index contributed by atoms with van der Waals surface area (Å²) in [5.74, 6) is -0.00495. The van der Waals surface area contributed by atoms with Crippen molar-refractivity contribution in [3.63, 3.8) is 0 Å². The number of carbonyl (C=O) groups excluding carboxylic acids is 1. The molecule has 0 radical (unpaired) electrons. The van der Waals surface area contributed by atoms with E-state index in [9.17, 15) is 9.90 Å². The maximum Gasteiger partial charge on any atom is 0.302 e. The first-order valence-corrected chi connectivity index (χ1v) is 4.22. The topological polar surface area (TPSA) is 55.8 Å². The van der Waals surface area contributed by atoms with Gasteiger partial charge in [0.25, 0.3) is 0 Å². The van der Waals surface area contributed by atoms with Crippen LogP contribution in [0.25, 0.3) is 0 Å². The van der Waals surface area contributed by atoms with Gasteiger partial charge < -0.3 is 14.6 Å². The molecule has 0 aliphatic heterocycles. The summed E-state index contributed by atoms with van der Waals surface area (Å²) in [6.07, 6.45) is -0.838. The van der Waals surface area contributed by atoms with E-state index in [1.165, 1.54) is 6.92 Å². The van der Waals surface area contributed by atoms with Crippen molar-refractivity contribution in [2.24, 2.45) is 0 Å². The predicted molar refractivity (Wildman–Crippen MR) is 52.5 cm³/mol. The molecule has 1 N–H and O–H groups in total. The molecule has 0 bridgehead atoms. The van der Waals surface area contributed by atoms with Gasteiger partial charge in [0.1, 0.15) is 25.1 Å². The van der Waals surface area contributed by atoms with Gasteiger partial charge in [-0.25, -0.2) is 0 Å². The van der Waals surface area contributed by atoms with E-state index in [0.29, 0.717) is 11.3 Å². The van der Waals surface area contributed by atoms with Crippen LogP contribution in [0.15, 0.2) is 24.5 Å². The molecular weight excluding hydrogens is 184 g/mol. The fraction of sp³-hybridized carbons (Fsp3) is 0.500. The largest absolute Gasteiger partial charge is 0.491 e. The van der Waals surface area contributed by atoms with E-state index in [1.807, 2.05) is 0 Å².